The number of carbonyl (C=O) groups is 1. The number of fused-ring (bicyclic) bond motifs is 1. The highest BCUT2D eigenvalue weighted by atomic mass is 16.7. The van der Waals surface area contributed by atoms with Crippen LogP contribution in [0.25, 0.3) is 0 Å². The van der Waals surface area contributed by atoms with Crippen LogP contribution in [0.4, 0.5) is 0 Å². The molecule has 10 heteroatoms. The fraction of sp³-hybridized carbons (Fsp3) is 0.381. The van der Waals surface area contributed by atoms with Crippen molar-refractivity contribution in [3.63, 3.8) is 0 Å². The van der Waals surface area contributed by atoms with Crippen molar-refractivity contribution in [1.82, 2.24) is 0 Å². The maximum Gasteiger partial charge on any atom is 0.229 e. The Morgan fingerprint density at radius 2 is 1.68 bits per heavy atom. The van der Waals surface area contributed by atoms with Gasteiger partial charge in [0.15, 0.2) is 17.3 Å². The second-order valence-electron chi connectivity index (χ2n) is 7.43. The summed E-state index contributed by atoms with van der Waals surface area (Å²) in [6.07, 6.45) is -8.30. The minimum absolute atomic E-state index is 0.0596. The SMILES string of the molecule is O=C1CC(c2ccc(O)cc2)Oc2c(O)ccc(OC3OC(CO)C(O)C(O)C3O)c21. The van der Waals surface area contributed by atoms with Crippen molar-refractivity contribution >= 4 is 5.78 Å². The summed E-state index contributed by atoms with van der Waals surface area (Å²) >= 11 is 0. The number of benzene rings is 2. The Kier molecular flexibility index (Phi) is 5.73. The van der Waals surface area contributed by atoms with E-state index >= 15 is 0 Å². The highest BCUT2D eigenvalue weighted by molar-refractivity contribution is 6.03. The van der Waals surface area contributed by atoms with Gasteiger partial charge in [-0.1, -0.05) is 12.1 Å². The van der Waals surface area contributed by atoms with Crippen LogP contribution in [0.1, 0.15) is 28.4 Å². The predicted molar refractivity (Wildman–Crippen MR) is 103 cm³/mol. The number of Topliss-reactive ketones (excluding diaryl/α,β-unsaturated/α-hetero) is 1. The number of rotatable bonds is 4. The molecule has 0 amide bonds. The van der Waals surface area contributed by atoms with Crippen LogP contribution in [0.2, 0.25) is 0 Å². The van der Waals surface area contributed by atoms with E-state index in [4.69, 9.17) is 14.2 Å². The molecule has 2 aliphatic rings. The second-order valence-corrected chi connectivity index (χ2v) is 7.43. The summed E-state index contributed by atoms with van der Waals surface area (Å²) in [4.78, 5) is 12.9. The Morgan fingerprint density at radius 3 is 2.35 bits per heavy atom. The summed E-state index contributed by atoms with van der Waals surface area (Å²) in [5.74, 6) is -0.824. The predicted octanol–water partition coefficient (Wildman–Crippen LogP) is -0.0170. The van der Waals surface area contributed by atoms with Gasteiger partial charge < -0.3 is 44.8 Å². The van der Waals surface area contributed by atoms with Gasteiger partial charge in [-0.3, -0.25) is 4.79 Å². The molecular formula is C21H22O10. The van der Waals surface area contributed by atoms with Crippen LogP contribution in [0.15, 0.2) is 36.4 Å². The number of ether oxygens (including phenoxy) is 3. The van der Waals surface area contributed by atoms with Crippen molar-refractivity contribution in [3.05, 3.63) is 47.5 Å². The van der Waals surface area contributed by atoms with Crippen molar-refractivity contribution in [1.29, 1.82) is 0 Å². The fourth-order valence-electron chi connectivity index (χ4n) is 3.65. The molecule has 31 heavy (non-hydrogen) atoms. The summed E-state index contributed by atoms with van der Waals surface area (Å²) < 4.78 is 16.8. The van der Waals surface area contributed by atoms with Gasteiger partial charge in [-0.25, -0.2) is 0 Å². The third-order valence-electron chi connectivity index (χ3n) is 5.36. The molecule has 1 fully saturated rings. The van der Waals surface area contributed by atoms with Crippen LogP contribution in [0.3, 0.4) is 0 Å². The zero-order valence-electron chi connectivity index (χ0n) is 16.2. The third-order valence-corrected chi connectivity index (χ3v) is 5.36. The summed E-state index contributed by atoms with van der Waals surface area (Å²) in [6, 6.07) is 8.64. The Labute approximate surface area is 176 Å². The van der Waals surface area contributed by atoms with Crippen molar-refractivity contribution in [3.8, 4) is 23.0 Å². The van der Waals surface area contributed by atoms with E-state index in [1.54, 1.807) is 12.1 Å². The highest BCUT2D eigenvalue weighted by Gasteiger charge is 2.45. The first-order valence-corrected chi connectivity index (χ1v) is 9.62. The molecule has 2 aliphatic heterocycles. The van der Waals surface area contributed by atoms with Crippen LogP contribution in [0, 0.1) is 0 Å². The van der Waals surface area contributed by atoms with Gasteiger partial charge in [0.2, 0.25) is 6.29 Å². The smallest absolute Gasteiger partial charge is 0.229 e. The molecule has 6 unspecified atom stereocenters. The number of phenols is 2. The monoisotopic (exact) mass is 434 g/mol. The number of carbonyl (C=O) groups excluding carboxylic acids is 1. The molecule has 1 saturated heterocycles. The van der Waals surface area contributed by atoms with Gasteiger partial charge in [-0.15, -0.1) is 0 Å². The van der Waals surface area contributed by atoms with E-state index in [-0.39, 0.29) is 35.0 Å². The number of aromatic hydroxyl groups is 2. The molecule has 0 aliphatic carbocycles. The van der Waals surface area contributed by atoms with Crippen LogP contribution < -0.4 is 9.47 Å². The Bertz CT molecular complexity index is 957. The van der Waals surface area contributed by atoms with Gasteiger partial charge >= 0.3 is 0 Å². The molecule has 2 heterocycles. The van der Waals surface area contributed by atoms with E-state index in [1.807, 2.05) is 0 Å². The van der Waals surface area contributed by atoms with Gasteiger partial charge in [0.25, 0.3) is 0 Å². The fourth-order valence-corrected chi connectivity index (χ4v) is 3.65. The van der Waals surface area contributed by atoms with Crippen LogP contribution in [-0.4, -0.2) is 73.7 Å². The number of hydrogen-bond donors (Lipinski definition) is 6. The Balaban J connectivity index is 1.63. The number of hydrogen-bond acceptors (Lipinski definition) is 10. The minimum atomic E-state index is -1.66. The average molecular weight is 434 g/mol. The maximum absolute atomic E-state index is 12.9. The highest BCUT2D eigenvalue weighted by Crippen LogP contribution is 2.45. The lowest BCUT2D eigenvalue weighted by Gasteiger charge is -2.40. The lowest BCUT2D eigenvalue weighted by atomic mass is 9.95. The molecule has 4 rings (SSSR count). The van der Waals surface area contributed by atoms with Gasteiger partial charge in [-0.2, -0.15) is 0 Å². The van der Waals surface area contributed by atoms with Gasteiger partial charge in [-0.05, 0) is 29.8 Å². The molecule has 0 aromatic heterocycles. The average Bonchev–Trinajstić information content (AvgIpc) is 2.76. The molecular weight excluding hydrogens is 412 g/mol. The van der Waals surface area contributed by atoms with Crippen LogP contribution >= 0.6 is 0 Å². The summed E-state index contributed by atoms with van der Waals surface area (Å²) in [6.45, 7) is -0.630. The first-order chi connectivity index (χ1) is 14.8. The molecule has 6 N–H and O–H groups in total. The van der Waals surface area contributed by atoms with E-state index in [0.717, 1.165) is 0 Å². The van der Waals surface area contributed by atoms with Crippen molar-refractivity contribution in [2.75, 3.05) is 6.61 Å². The maximum atomic E-state index is 12.9. The van der Waals surface area contributed by atoms with E-state index in [1.165, 1.54) is 24.3 Å². The lowest BCUT2D eigenvalue weighted by Crippen LogP contribution is -2.60. The quantitative estimate of drug-likeness (QED) is 0.385. The molecule has 166 valence electrons. The number of aliphatic hydroxyl groups excluding tert-OH is 4. The molecule has 0 bridgehead atoms. The lowest BCUT2D eigenvalue weighted by molar-refractivity contribution is -0.277. The topological polar surface area (TPSA) is 166 Å². The largest absolute Gasteiger partial charge is 0.508 e. The third kappa shape index (κ3) is 3.91. The number of phenolic OH excluding ortho intramolecular Hbond substituents is 2. The molecule has 0 radical (unpaired) electrons. The first kappa shape index (κ1) is 21.3. The molecule has 2 aromatic rings. The number of ketones is 1. The molecule has 6 atom stereocenters. The Morgan fingerprint density at radius 1 is 0.968 bits per heavy atom. The van der Waals surface area contributed by atoms with E-state index < -0.39 is 49.2 Å². The second kappa shape index (κ2) is 8.33. The van der Waals surface area contributed by atoms with Gasteiger partial charge in [0.05, 0.1) is 13.0 Å². The van der Waals surface area contributed by atoms with Crippen molar-refractivity contribution in [2.24, 2.45) is 0 Å². The van der Waals surface area contributed by atoms with Gasteiger partial charge in [0, 0.05) is 0 Å². The standard InChI is InChI=1S/C21H22O10/c22-8-15-17(26)18(27)19(28)21(31-15)30-13-6-5-11(24)20-16(13)12(25)7-14(29-20)9-1-3-10(23)4-2-9/h1-6,14-15,17-19,21-24,26-28H,7-8H2. The summed E-state index contributed by atoms with van der Waals surface area (Å²) in [5.41, 5.74) is 0.559. The number of aliphatic hydroxyl groups is 4. The zero-order chi connectivity index (χ0) is 22.3. The van der Waals surface area contributed by atoms with Crippen LogP contribution in [-0.2, 0) is 4.74 Å². The summed E-state index contributed by atoms with van der Waals surface area (Å²) in [5, 5.41) is 59.1. The minimum Gasteiger partial charge on any atom is -0.508 e. The Hall–Kier alpha value is -2.89. The zero-order valence-corrected chi connectivity index (χ0v) is 16.2. The molecule has 2 aromatic carbocycles. The first-order valence-electron chi connectivity index (χ1n) is 9.62. The van der Waals surface area contributed by atoms with E-state index in [2.05, 4.69) is 0 Å². The van der Waals surface area contributed by atoms with Crippen molar-refractivity contribution < 1.29 is 49.6 Å². The molecule has 10 nitrogen and oxygen atoms in total. The van der Waals surface area contributed by atoms with Crippen LogP contribution in [0.5, 0.6) is 23.0 Å². The summed E-state index contributed by atoms with van der Waals surface area (Å²) in [7, 11) is 0. The van der Waals surface area contributed by atoms with Gasteiger partial charge in [0.1, 0.15) is 47.6 Å². The van der Waals surface area contributed by atoms with E-state index in [0.29, 0.717) is 5.56 Å². The van der Waals surface area contributed by atoms with Crippen molar-refractivity contribution in [2.45, 2.75) is 43.2 Å². The molecule has 0 saturated carbocycles. The molecule has 0 spiro atoms. The normalized spacial score (nSPS) is 30.4. The van der Waals surface area contributed by atoms with E-state index in [9.17, 15) is 35.4 Å².